The summed E-state index contributed by atoms with van der Waals surface area (Å²) in [6.07, 6.45) is 0. The summed E-state index contributed by atoms with van der Waals surface area (Å²) in [4.78, 5) is 32.9. The normalized spacial score (nSPS) is 19.2. The minimum absolute atomic E-state index is 0.340. The number of hydrogen-bond donors (Lipinski definition) is 0. The second-order valence-electron chi connectivity index (χ2n) is 7.09. The van der Waals surface area contributed by atoms with Crippen LogP contribution in [0.15, 0.2) is 18.2 Å². The number of nitrogens with zero attached hydrogens (tertiary/aromatic N) is 4. The molecule has 2 heterocycles. The van der Waals surface area contributed by atoms with Gasteiger partial charge in [-0.2, -0.15) is 0 Å². The van der Waals surface area contributed by atoms with Crippen LogP contribution in [0.25, 0.3) is 0 Å². The standard InChI is InChI=1S/C19H28N4O2/c1-15-5-4-6-17(16(15)2)21-11-13-23(14-12-21)19(25)18(24)22-9-7-20(3)8-10-22/h4-6H,7-14H2,1-3H3. The lowest BCUT2D eigenvalue weighted by molar-refractivity contribution is -0.152. The van der Waals surface area contributed by atoms with Gasteiger partial charge in [0, 0.05) is 58.0 Å². The Morgan fingerprint density at radius 3 is 1.88 bits per heavy atom. The predicted molar refractivity (Wildman–Crippen MR) is 98.8 cm³/mol. The molecule has 25 heavy (non-hydrogen) atoms. The zero-order valence-electron chi connectivity index (χ0n) is 15.5. The van der Waals surface area contributed by atoms with Crippen LogP contribution in [0.4, 0.5) is 5.69 Å². The van der Waals surface area contributed by atoms with E-state index in [1.54, 1.807) is 9.80 Å². The molecule has 0 atom stereocenters. The highest BCUT2D eigenvalue weighted by atomic mass is 16.2. The average Bonchev–Trinajstić information content (AvgIpc) is 2.64. The average molecular weight is 344 g/mol. The van der Waals surface area contributed by atoms with E-state index in [0.29, 0.717) is 26.2 Å². The Morgan fingerprint density at radius 2 is 1.32 bits per heavy atom. The van der Waals surface area contributed by atoms with Gasteiger partial charge < -0.3 is 19.6 Å². The maximum absolute atomic E-state index is 12.5. The summed E-state index contributed by atoms with van der Waals surface area (Å²) in [5, 5.41) is 0. The highest BCUT2D eigenvalue weighted by Gasteiger charge is 2.31. The molecule has 0 aromatic heterocycles. The van der Waals surface area contributed by atoms with Crippen molar-refractivity contribution in [3.05, 3.63) is 29.3 Å². The minimum Gasteiger partial charge on any atom is -0.368 e. The summed E-state index contributed by atoms with van der Waals surface area (Å²) >= 11 is 0. The number of piperazine rings is 2. The predicted octanol–water partition coefficient (Wildman–Crippen LogP) is 0.726. The third-order valence-corrected chi connectivity index (χ3v) is 5.46. The first kappa shape index (κ1) is 17.7. The summed E-state index contributed by atoms with van der Waals surface area (Å²) in [5.41, 5.74) is 3.80. The molecule has 2 amide bonds. The Kier molecular flexibility index (Phi) is 5.27. The maximum atomic E-state index is 12.5. The quantitative estimate of drug-likeness (QED) is 0.705. The van der Waals surface area contributed by atoms with Crippen molar-refractivity contribution < 1.29 is 9.59 Å². The van der Waals surface area contributed by atoms with Gasteiger partial charge in [0.1, 0.15) is 0 Å². The van der Waals surface area contributed by atoms with Crippen LogP contribution in [0.1, 0.15) is 11.1 Å². The molecule has 2 aliphatic rings. The number of carbonyl (C=O) groups excluding carboxylic acids is 2. The molecule has 2 saturated heterocycles. The maximum Gasteiger partial charge on any atom is 0.312 e. The largest absolute Gasteiger partial charge is 0.368 e. The third-order valence-electron chi connectivity index (χ3n) is 5.46. The summed E-state index contributed by atoms with van der Waals surface area (Å²) in [6.45, 7) is 9.95. The van der Waals surface area contributed by atoms with Gasteiger partial charge >= 0.3 is 11.8 Å². The van der Waals surface area contributed by atoms with Gasteiger partial charge in [0.05, 0.1) is 0 Å². The molecule has 0 saturated carbocycles. The Labute approximate surface area is 150 Å². The SMILES string of the molecule is Cc1cccc(N2CCN(C(=O)C(=O)N3CCN(C)CC3)CC2)c1C. The summed E-state index contributed by atoms with van der Waals surface area (Å²) in [7, 11) is 2.04. The lowest BCUT2D eigenvalue weighted by atomic mass is 10.1. The van der Waals surface area contributed by atoms with E-state index in [2.05, 4.69) is 41.8 Å². The van der Waals surface area contributed by atoms with Gasteiger partial charge in [0.25, 0.3) is 0 Å². The molecule has 6 nitrogen and oxygen atoms in total. The Morgan fingerprint density at radius 1 is 0.800 bits per heavy atom. The lowest BCUT2D eigenvalue weighted by Crippen LogP contribution is -2.56. The van der Waals surface area contributed by atoms with Crippen LogP contribution in [-0.4, -0.2) is 85.9 Å². The highest BCUT2D eigenvalue weighted by Crippen LogP contribution is 2.24. The topological polar surface area (TPSA) is 47.1 Å². The fourth-order valence-corrected chi connectivity index (χ4v) is 3.51. The summed E-state index contributed by atoms with van der Waals surface area (Å²) in [5.74, 6) is -0.682. The molecule has 0 N–H and O–H groups in total. The number of hydrogen-bond acceptors (Lipinski definition) is 4. The number of aryl methyl sites for hydroxylation is 1. The van der Waals surface area contributed by atoms with Crippen LogP contribution in [0.5, 0.6) is 0 Å². The Hall–Kier alpha value is -2.08. The van der Waals surface area contributed by atoms with E-state index in [0.717, 1.165) is 26.2 Å². The van der Waals surface area contributed by atoms with Gasteiger partial charge in [-0.15, -0.1) is 0 Å². The number of benzene rings is 1. The third kappa shape index (κ3) is 3.79. The second-order valence-corrected chi connectivity index (χ2v) is 7.09. The number of rotatable bonds is 1. The first-order valence-corrected chi connectivity index (χ1v) is 9.05. The van der Waals surface area contributed by atoms with E-state index in [1.165, 1.54) is 16.8 Å². The van der Waals surface area contributed by atoms with E-state index in [1.807, 2.05) is 7.05 Å². The van der Waals surface area contributed by atoms with Crippen molar-refractivity contribution in [2.24, 2.45) is 0 Å². The first-order valence-electron chi connectivity index (χ1n) is 9.05. The van der Waals surface area contributed by atoms with E-state index >= 15 is 0 Å². The van der Waals surface area contributed by atoms with Gasteiger partial charge in [0.15, 0.2) is 0 Å². The summed E-state index contributed by atoms with van der Waals surface area (Å²) in [6, 6.07) is 6.33. The molecule has 2 aliphatic heterocycles. The van der Waals surface area contributed by atoms with Crippen LogP contribution < -0.4 is 4.90 Å². The zero-order chi connectivity index (χ0) is 18.0. The monoisotopic (exact) mass is 344 g/mol. The fraction of sp³-hybridized carbons (Fsp3) is 0.579. The first-order chi connectivity index (χ1) is 12.0. The summed E-state index contributed by atoms with van der Waals surface area (Å²) < 4.78 is 0. The Balaban J connectivity index is 1.57. The zero-order valence-corrected chi connectivity index (χ0v) is 15.5. The van der Waals surface area contributed by atoms with Crippen molar-refractivity contribution in [3.63, 3.8) is 0 Å². The highest BCUT2D eigenvalue weighted by molar-refractivity contribution is 6.35. The molecular weight excluding hydrogens is 316 g/mol. The van der Waals surface area contributed by atoms with Gasteiger partial charge in [-0.25, -0.2) is 0 Å². The molecule has 136 valence electrons. The van der Waals surface area contributed by atoms with Crippen LogP contribution in [0.3, 0.4) is 0 Å². The molecule has 0 spiro atoms. The molecule has 1 aromatic rings. The van der Waals surface area contributed by atoms with Gasteiger partial charge in [-0.3, -0.25) is 9.59 Å². The van der Waals surface area contributed by atoms with Crippen molar-refractivity contribution in [1.82, 2.24) is 14.7 Å². The molecular formula is C19H28N4O2. The molecule has 0 radical (unpaired) electrons. The molecule has 0 bridgehead atoms. The van der Waals surface area contributed by atoms with Crippen LogP contribution >= 0.6 is 0 Å². The van der Waals surface area contributed by atoms with Gasteiger partial charge in [0.2, 0.25) is 0 Å². The number of anilines is 1. The van der Waals surface area contributed by atoms with Crippen molar-refractivity contribution in [3.8, 4) is 0 Å². The number of amides is 2. The second kappa shape index (κ2) is 7.44. The number of carbonyl (C=O) groups is 2. The molecule has 6 heteroatoms. The smallest absolute Gasteiger partial charge is 0.312 e. The van der Waals surface area contributed by atoms with Crippen molar-refractivity contribution in [1.29, 1.82) is 0 Å². The molecule has 1 aromatic carbocycles. The van der Waals surface area contributed by atoms with Crippen molar-refractivity contribution >= 4 is 17.5 Å². The molecule has 3 rings (SSSR count). The van der Waals surface area contributed by atoms with Crippen LogP contribution in [0.2, 0.25) is 0 Å². The molecule has 0 unspecified atom stereocenters. The molecule has 2 fully saturated rings. The molecule has 0 aliphatic carbocycles. The minimum atomic E-state index is -0.342. The van der Waals surface area contributed by atoms with Crippen molar-refractivity contribution in [2.75, 3.05) is 64.3 Å². The van der Waals surface area contributed by atoms with Crippen molar-refractivity contribution in [2.45, 2.75) is 13.8 Å². The fourth-order valence-electron chi connectivity index (χ4n) is 3.51. The van der Waals surface area contributed by atoms with Gasteiger partial charge in [-0.05, 0) is 38.1 Å². The van der Waals surface area contributed by atoms with E-state index in [9.17, 15) is 9.59 Å². The van der Waals surface area contributed by atoms with E-state index in [-0.39, 0.29) is 11.8 Å². The van der Waals surface area contributed by atoms with Crippen LogP contribution in [-0.2, 0) is 9.59 Å². The number of likely N-dealkylation sites (N-methyl/N-ethyl adjacent to an activating group) is 1. The van der Waals surface area contributed by atoms with Crippen LogP contribution in [0, 0.1) is 13.8 Å². The Bertz CT molecular complexity index is 645. The lowest BCUT2D eigenvalue weighted by Gasteiger charge is -2.38. The van der Waals surface area contributed by atoms with E-state index < -0.39 is 0 Å². The van der Waals surface area contributed by atoms with Gasteiger partial charge in [-0.1, -0.05) is 12.1 Å². The van der Waals surface area contributed by atoms with E-state index in [4.69, 9.17) is 0 Å².